The van der Waals surface area contributed by atoms with Gasteiger partial charge in [-0.1, -0.05) is 34.1 Å². The maximum Gasteiger partial charge on any atom is 0.286 e. The molecule has 0 aliphatic heterocycles. The fourth-order valence-electron chi connectivity index (χ4n) is 0.868. The summed E-state index contributed by atoms with van der Waals surface area (Å²) in [4.78, 5) is 0. The van der Waals surface area contributed by atoms with Gasteiger partial charge in [-0.05, 0) is 6.07 Å². The summed E-state index contributed by atoms with van der Waals surface area (Å²) < 4.78 is 26.4. The van der Waals surface area contributed by atoms with Gasteiger partial charge < -0.3 is 5.73 Å². The summed E-state index contributed by atoms with van der Waals surface area (Å²) in [6.45, 7) is -0.671. The average molecular weight is 236 g/mol. The SMILES string of the molecule is NCC(F)(F)c1ccccc1Br. The quantitative estimate of drug-likeness (QED) is 0.838. The van der Waals surface area contributed by atoms with E-state index in [2.05, 4.69) is 15.9 Å². The van der Waals surface area contributed by atoms with E-state index in [0.717, 1.165) is 0 Å². The van der Waals surface area contributed by atoms with Crippen LogP contribution in [0.25, 0.3) is 0 Å². The van der Waals surface area contributed by atoms with Crippen molar-refractivity contribution in [3.63, 3.8) is 0 Å². The summed E-state index contributed by atoms with van der Waals surface area (Å²) in [5, 5.41) is 0. The Morgan fingerprint density at radius 2 is 1.92 bits per heavy atom. The van der Waals surface area contributed by atoms with Crippen LogP contribution in [0.4, 0.5) is 8.78 Å². The summed E-state index contributed by atoms with van der Waals surface area (Å²) in [5.41, 5.74) is 4.87. The van der Waals surface area contributed by atoms with Crippen LogP contribution >= 0.6 is 15.9 Å². The molecule has 0 spiro atoms. The Hall–Kier alpha value is -0.480. The Morgan fingerprint density at radius 1 is 1.33 bits per heavy atom. The van der Waals surface area contributed by atoms with E-state index in [1.165, 1.54) is 6.07 Å². The van der Waals surface area contributed by atoms with E-state index in [4.69, 9.17) is 5.73 Å². The molecule has 66 valence electrons. The highest BCUT2D eigenvalue weighted by Crippen LogP contribution is 2.31. The molecular weight excluding hydrogens is 228 g/mol. The van der Waals surface area contributed by atoms with Crippen LogP contribution in [0, 0.1) is 0 Å². The zero-order chi connectivity index (χ0) is 9.19. The molecule has 0 heterocycles. The second kappa shape index (κ2) is 3.49. The minimum Gasteiger partial charge on any atom is -0.325 e. The lowest BCUT2D eigenvalue weighted by molar-refractivity contribution is 0.00520. The number of hydrogen-bond donors (Lipinski definition) is 1. The minimum atomic E-state index is -2.94. The largest absolute Gasteiger partial charge is 0.325 e. The Labute approximate surface area is 77.7 Å². The first kappa shape index (κ1) is 9.61. The van der Waals surface area contributed by atoms with Crippen molar-refractivity contribution in [2.45, 2.75) is 5.92 Å². The highest BCUT2D eigenvalue weighted by Gasteiger charge is 2.31. The molecular formula is C8H8BrF2N. The van der Waals surface area contributed by atoms with E-state index in [-0.39, 0.29) is 5.56 Å². The lowest BCUT2D eigenvalue weighted by Crippen LogP contribution is -2.25. The molecule has 0 saturated heterocycles. The number of halogens is 3. The highest BCUT2D eigenvalue weighted by molar-refractivity contribution is 9.10. The second-order valence-electron chi connectivity index (χ2n) is 2.39. The van der Waals surface area contributed by atoms with Crippen LogP contribution in [0.3, 0.4) is 0 Å². The molecule has 0 aliphatic carbocycles. The Bertz CT molecular complexity index is 276. The molecule has 1 aromatic carbocycles. The fourth-order valence-corrected chi connectivity index (χ4v) is 1.44. The number of benzene rings is 1. The lowest BCUT2D eigenvalue weighted by Gasteiger charge is -2.15. The molecule has 0 unspecified atom stereocenters. The van der Waals surface area contributed by atoms with Crippen molar-refractivity contribution in [1.29, 1.82) is 0 Å². The summed E-state index contributed by atoms with van der Waals surface area (Å²) in [6, 6.07) is 6.17. The zero-order valence-corrected chi connectivity index (χ0v) is 7.81. The van der Waals surface area contributed by atoms with Crippen molar-refractivity contribution in [3.05, 3.63) is 34.3 Å². The van der Waals surface area contributed by atoms with E-state index in [1.807, 2.05) is 0 Å². The molecule has 0 amide bonds. The molecule has 12 heavy (non-hydrogen) atoms. The van der Waals surface area contributed by atoms with Gasteiger partial charge in [0.1, 0.15) is 0 Å². The minimum absolute atomic E-state index is 0.0625. The summed E-state index contributed by atoms with van der Waals surface area (Å²) in [6.07, 6.45) is 0. The smallest absolute Gasteiger partial charge is 0.286 e. The van der Waals surface area contributed by atoms with Crippen LogP contribution in [-0.4, -0.2) is 6.54 Å². The van der Waals surface area contributed by atoms with Crippen molar-refractivity contribution in [1.82, 2.24) is 0 Å². The molecule has 2 N–H and O–H groups in total. The number of hydrogen-bond acceptors (Lipinski definition) is 1. The first-order valence-corrected chi connectivity index (χ1v) is 4.20. The molecule has 0 radical (unpaired) electrons. The predicted molar refractivity (Wildman–Crippen MR) is 47.1 cm³/mol. The third-order valence-electron chi connectivity index (χ3n) is 1.52. The van der Waals surface area contributed by atoms with E-state index in [0.29, 0.717) is 4.47 Å². The molecule has 1 aromatic rings. The molecule has 1 rings (SSSR count). The van der Waals surface area contributed by atoms with Gasteiger partial charge in [0.15, 0.2) is 0 Å². The third-order valence-corrected chi connectivity index (χ3v) is 2.22. The molecule has 1 nitrogen and oxygen atoms in total. The zero-order valence-electron chi connectivity index (χ0n) is 6.23. The van der Waals surface area contributed by atoms with Crippen molar-refractivity contribution in [2.24, 2.45) is 5.73 Å². The van der Waals surface area contributed by atoms with Gasteiger partial charge in [-0.3, -0.25) is 0 Å². The van der Waals surface area contributed by atoms with Crippen molar-refractivity contribution in [2.75, 3.05) is 6.54 Å². The van der Waals surface area contributed by atoms with Crippen molar-refractivity contribution in [3.8, 4) is 0 Å². The molecule has 0 atom stereocenters. The Kier molecular flexibility index (Phi) is 2.80. The van der Waals surface area contributed by atoms with Crippen LogP contribution in [-0.2, 0) is 5.92 Å². The molecule has 0 aromatic heterocycles. The maximum atomic E-state index is 13.0. The van der Waals surface area contributed by atoms with Crippen LogP contribution in [0.2, 0.25) is 0 Å². The topological polar surface area (TPSA) is 26.0 Å². The average Bonchev–Trinajstić information content (AvgIpc) is 2.05. The summed E-state index contributed by atoms with van der Waals surface area (Å²) >= 11 is 3.04. The van der Waals surface area contributed by atoms with Gasteiger partial charge in [0.05, 0.1) is 6.54 Å². The molecule has 0 bridgehead atoms. The summed E-state index contributed by atoms with van der Waals surface area (Å²) in [7, 11) is 0. The van der Waals surface area contributed by atoms with E-state index in [1.54, 1.807) is 18.2 Å². The van der Waals surface area contributed by atoms with Gasteiger partial charge in [-0.2, -0.15) is 8.78 Å². The van der Waals surface area contributed by atoms with Crippen molar-refractivity contribution >= 4 is 15.9 Å². The van der Waals surface area contributed by atoms with Gasteiger partial charge in [0, 0.05) is 10.0 Å². The van der Waals surface area contributed by atoms with Crippen LogP contribution < -0.4 is 5.73 Å². The Balaban J connectivity index is 3.10. The molecule has 0 saturated carbocycles. The van der Waals surface area contributed by atoms with E-state index >= 15 is 0 Å². The number of alkyl halides is 2. The predicted octanol–water partition coefficient (Wildman–Crippen LogP) is 2.50. The maximum absolute atomic E-state index is 13.0. The number of rotatable bonds is 2. The molecule has 4 heteroatoms. The van der Waals surface area contributed by atoms with Gasteiger partial charge in [-0.25, -0.2) is 0 Å². The third kappa shape index (κ3) is 1.81. The van der Waals surface area contributed by atoms with Gasteiger partial charge in [0.2, 0.25) is 0 Å². The van der Waals surface area contributed by atoms with E-state index in [9.17, 15) is 8.78 Å². The fraction of sp³-hybridized carbons (Fsp3) is 0.250. The molecule has 0 aliphatic rings. The first-order chi connectivity index (χ1) is 5.58. The molecule has 0 fully saturated rings. The second-order valence-corrected chi connectivity index (χ2v) is 3.24. The normalized spacial score (nSPS) is 11.7. The van der Waals surface area contributed by atoms with Gasteiger partial charge in [0.25, 0.3) is 5.92 Å². The number of nitrogens with two attached hydrogens (primary N) is 1. The Morgan fingerprint density at radius 3 is 2.42 bits per heavy atom. The highest BCUT2D eigenvalue weighted by atomic mass is 79.9. The summed E-state index contributed by atoms with van der Waals surface area (Å²) in [5.74, 6) is -2.94. The standard InChI is InChI=1S/C8H8BrF2N/c9-7-4-2-1-3-6(7)8(10,11)5-12/h1-4H,5,12H2. The van der Waals surface area contributed by atoms with Crippen LogP contribution in [0.15, 0.2) is 28.7 Å². The van der Waals surface area contributed by atoms with E-state index < -0.39 is 12.5 Å². The first-order valence-electron chi connectivity index (χ1n) is 3.41. The van der Waals surface area contributed by atoms with Crippen molar-refractivity contribution < 1.29 is 8.78 Å². The van der Waals surface area contributed by atoms with Crippen LogP contribution in [0.1, 0.15) is 5.56 Å². The van der Waals surface area contributed by atoms with Gasteiger partial charge >= 0.3 is 0 Å². The van der Waals surface area contributed by atoms with Crippen LogP contribution in [0.5, 0.6) is 0 Å². The van der Waals surface area contributed by atoms with Gasteiger partial charge in [-0.15, -0.1) is 0 Å². The lowest BCUT2D eigenvalue weighted by atomic mass is 10.1. The monoisotopic (exact) mass is 235 g/mol.